The van der Waals surface area contributed by atoms with Crippen LogP contribution in [0.1, 0.15) is 31.4 Å². The lowest BCUT2D eigenvalue weighted by atomic mass is 10.1. The fourth-order valence-corrected chi connectivity index (χ4v) is 1.93. The summed E-state index contributed by atoms with van der Waals surface area (Å²) in [6.07, 6.45) is 1.13. The van der Waals surface area contributed by atoms with Crippen LogP contribution in [0.3, 0.4) is 0 Å². The van der Waals surface area contributed by atoms with Crippen molar-refractivity contribution in [1.82, 2.24) is 4.90 Å². The van der Waals surface area contributed by atoms with Crippen LogP contribution in [-0.4, -0.2) is 24.3 Å². The van der Waals surface area contributed by atoms with Gasteiger partial charge in [-0.3, -0.25) is 5.41 Å². The number of amidine groups is 1. The molecule has 0 aliphatic heterocycles. The van der Waals surface area contributed by atoms with Crippen LogP contribution in [0.25, 0.3) is 0 Å². The third kappa shape index (κ3) is 4.45. The number of nitrogens with zero attached hydrogens (tertiary/aromatic N) is 1. The Morgan fingerprint density at radius 1 is 1.44 bits per heavy atom. The van der Waals surface area contributed by atoms with Gasteiger partial charge in [0.2, 0.25) is 0 Å². The fourth-order valence-electron chi connectivity index (χ4n) is 1.93. The van der Waals surface area contributed by atoms with Crippen molar-refractivity contribution in [2.24, 2.45) is 11.7 Å². The van der Waals surface area contributed by atoms with E-state index in [9.17, 15) is 4.39 Å². The summed E-state index contributed by atoms with van der Waals surface area (Å²) in [5.41, 5.74) is 6.69. The molecule has 0 heterocycles. The summed E-state index contributed by atoms with van der Waals surface area (Å²) in [6.45, 7) is 6.00. The van der Waals surface area contributed by atoms with Gasteiger partial charge >= 0.3 is 0 Å². The van der Waals surface area contributed by atoms with Gasteiger partial charge < -0.3 is 10.6 Å². The number of benzene rings is 1. The third-order valence-corrected chi connectivity index (χ3v) is 3.04. The van der Waals surface area contributed by atoms with Gasteiger partial charge in [-0.15, -0.1) is 0 Å². The maximum atomic E-state index is 13.4. The number of hydrogen-bond donors (Lipinski definition) is 2. The Balaban J connectivity index is 2.75. The van der Waals surface area contributed by atoms with Crippen molar-refractivity contribution >= 4 is 5.84 Å². The predicted molar refractivity (Wildman–Crippen MR) is 73.2 cm³/mol. The van der Waals surface area contributed by atoms with Crippen LogP contribution in [0.5, 0.6) is 0 Å². The minimum Gasteiger partial charge on any atom is -0.384 e. The molecular formula is C14H22FN3. The quantitative estimate of drug-likeness (QED) is 0.603. The van der Waals surface area contributed by atoms with Gasteiger partial charge in [-0.05, 0) is 36.7 Å². The second-order valence-corrected chi connectivity index (χ2v) is 4.97. The molecule has 1 atom stereocenters. The van der Waals surface area contributed by atoms with Crippen molar-refractivity contribution in [1.29, 1.82) is 5.41 Å². The molecule has 0 spiro atoms. The summed E-state index contributed by atoms with van der Waals surface area (Å²) in [7, 11) is 2.02. The van der Waals surface area contributed by atoms with E-state index in [0.717, 1.165) is 18.5 Å². The zero-order chi connectivity index (χ0) is 13.7. The Morgan fingerprint density at radius 2 is 2.11 bits per heavy atom. The first-order chi connectivity index (χ1) is 8.42. The van der Waals surface area contributed by atoms with Crippen molar-refractivity contribution in [2.75, 3.05) is 13.6 Å². The molecule has 100 valence electrons. The van der Waals surface area contributed by atoms with Crippen molar-refractivity contribution in [2.45, 2.75) is 26.8 Å². The highest BCUT2D eigenvalue weighted by molar-refractivity contribution is 5.95. The van der Waals surface area contributed by atoms with Crippen molar-refractivity contribution < 1.29 is 4.39 Å². The third-order valence-electron chi connectivity index (χ3n) is 3.04. The molecule has 0 radical (unpaired) electrons. The Kier molecular flexibility index (Phi) is 5.28. The lowest BCUT2D eigenvalue weighted by molar-refractivity contribution is 0.275. The van der Waals surface area contributed by atoms with Gasteiger partial charge in [-0.1, -0.05) is 20.3 Å². The Hall–Kier alpha value is -1.42. The molecular weight excluding hydrogens is 229 g/mol. The minimum absolute atomic E-state index is 0.0969. The molecule has 4 heteroatoms. The predicted octanol–water partition coefficient (Wildman–Crippen LogP) is 2.59. The lowest BCUT2D eigenvalue weighted by Crippen LogP contribution is -2.24. The number of nitrogen functional groups attached to an aromatic ring is 1. The summed E-state index contributed by atoms with van der Waals surface area (Å²) in [6, 6.07) is 4.57. The largest absolute Gasteiger partial charge is 0.384 e. The second kappa shape index (κ2) is 6.50. The Labute approximate surface area is 108 Å². The highest BCUT2D eigenvalue weighted by Crippen LogP contribution is 2.12. The van der Waals surface area contributed by atoms with E-state index in [-0.39, 0.29) is 11.7 Å². The maximum absolute atomic E-state index is 13.4. The van der Waals surface area contributed by atoms with Crippen molar-refractivity contribution in [3.63, 3.8) is 0 Å². The molecule has 0 amide bonds. The van der Waals surface area contributed by atoms with E-state index >= 15 is 0 Å². The van der Waals surface area contributed by atoms with Crippen LogP contribution in [-0.2, 0) is 6.54 Å². The Bertz CT molecular complexity index is 418. The van der Waals surface area contributed by atoms with E-state index < -0.39 is 0 Å². The van der Waals surface area contributed by atoms with Crippen molar-refractivity contribution in [3.8, 4) is 0 Å². The van der Waals surface area contributed by atoms with Crippen LogP contribution in [0, 0.1) is 17.1 Å². The minimum atomic E-state index is -0.338. The normalized spacial score (nSPS) is 12.7. The molecule has 0 saturated carbocycles. The molecule has 1 unspecified atom stereocenters. The zero-order valence-corrected chi connectivity index (χ0v) is 11.3. The van der Waals surface area contributed by atoms with E-state index in [0.29, 0.717) is 18.0 Å². The van der Waals surface area contributed by atoms with Crippen LogP contribution in [0.2, 0.25) is 0 Å². The van der Waals surface area contributed by atoms with E-state index in [1.807, 2.05) is 7.05 Å². The number of nitrogens with one attached hydrogen (secondary N) is 1. The molecule has 0 fully saturated rings. The summed E-state index contributed by atoms with van der Waals surface area (Å²) in [5.74, 6) is 0.186. The molecule has 0 aliphatic carbocycles. The first kappa shape index (κ1) is 14.6. The van der Waals surface area contributed by atoms with Crippen LogP contribution < -0.4 is 5.73 Å². The van der Waals surface area contributed by atoms with Gasteiger partial charge in [-0.25, -0.2) is 4.39 Å². The van der Waals surface area contributed by atoms with Crippen LogP contribution in [0.15, 0.2) is 18.2 Å². The fraction of sp³-hybridized carbons (Fsp3) is 0.500. The van der Waals surface area contributed by atoms with E-state index in [2.05, 4.69) is 18.7 Å². The Morgan fingerprint density at radius 3 is 2.67 bits per heavy atom. The standard InChI is InChI=1S/C14H22FN3/c1-4-10(2)8-18(3)9-11-5-12(14(16)17)7-13(15)6-11/h5-7,10H,4,8-9H2,1-3H3,(H3,16,17). The molecule has 18 heavy (non-hydrogen) atoms. The van der Waals surface area contributed by atoms with E-state index in [4.69, 9.17) is 11.1 Å². The lowest BCUT2D eigenvalue weighted by Gasteiger charge is -2.20. The van der Waals surface area contributed by atoms with Gasteiger partial charge in [0, 0.05) is 18.7 Å². The topological polar surface area (TPSA) is 53.1 Å². The zero-order valence-electron chi connectivity index (χ0n) is 11.3. The molecule has 3 N–H and O–H groups in total. The summed E-state index contributed by atoms with van der Waals surface area (Å²) >= 11 is 0. The molecule has 1 aromatic rings. The van der Waals surface area contributed by atoms with Gasteiger partial charge in [0.05, 0.1) is 0 Å². The van der Waals surface area contributed by atoms with E-state index in [1.54, 1.807) is 6.07 Å². The molecule has 0 aliphatic rings. The SMILES string of the molecule is CCC(C)CN(C)Cc1cc(F)cc(C(=N)N)c1. The number of nitrogens with two attached hydrogens (primary N) is 1. The molecule has 1 aromatic carbocycles. The maximum Gasteiger partial charge on any atom is 0.124 e. The number of rotatable bonds is 6. The van der Waals surface area contributed by atoms with Gasteiger partial charge in [0.15, 0.2) is 0 Å². The summed E-state index contributed by atoms with van der Waals surface area (Å²) < 4.78 is 13.4. The molecule has 3 nitrogen and oxygen atoms in total. The molecule has 0 aromatic heterocycles. The average Bonchev–Trinajstić information content (AvgIpc) is 2.27. The van der Waals surface area contributed by atoms with Gasteiger partial charge in [0.25, 0.3) is 0 Å². The molecule has 1 rings (SSSR count). The van der Waals surface area contributed by atoms with E-state index in [1.165, 1.54) is 12.1 Å². The summed E-state index contributed by atoms with van der Waals surface area (Å²) in [5, 5.41) is 7.35. The van der Waals surface area contributed by atoms with Gasteiger partial charge in [-0.2, -0.15) is 0 Å². The summed E-state index contributed by atoms with van der Waals surface area (Å²) in [4.78, 5) is 2.16. The second-order valence-electron chi connectivity index (χ2n) is 4.97. The monoisotopic (exact) mass is 251 g/mol. The van der Waals surface area contributed by atoms with Crippen LogP contribution >= 0.6 is 0 Å². The molecule has 0 saturated heterocycles. The smallest absolute Gasteiger partial charge is 0.124 e. The number of halogens is 1. The highest BCUT2D eigenvalue weighted by atomic mass is 19.1. The van der Waals surface area contributed by atoms with Crippen molar-refractivity contribution in [3.05, 3.63) is 35.1 Å². The average molecular weight is 251 g/mol. The molecule has 0 bridgehead atoms. The number of hydrogen-bond acceptors (Lipinski definition) is 2. The van der Waals surface area contributed by atoms with Gasteiger partial charge in [0.1, 0.15) is 11.7 Å². The highest BCUT2D eigenvalue weighted by Gasteiger charge is 2.08. The first-order valence-corrected chi connectivity index (χ1v) is 6.24. The first-order valence-electron chi connectivity index (χ1n) is 6.24. The van der Waals surface area contributed by atoms with Crippen LogP contribution in [0.4, 0.5) is 4.39 Å².